The van der Waals surface area contributed by atoms with Gasteiger partial charge in [0.1, 0.15) is 18.0 Å². The molecule has 1 amide bonds. The van der Waals surface area contributed by atoms with Crippen LogP contribution in [0.4, 0.5) is 5.69 Å². The number of methoxy groups -OCH3 is 2. The van der Waals surface area contributed by atoms with Crippen LogP contribution in [-0.2, 0) is 17.8 Å². The summed E-state index contributed by atoms with van der Waals surface area (Å²) in [6, 6.07) is 13.0. The Kier molecular flexibility index (Phi) is 5.38. The number of carbonyl (C=O) groups excluding carboxylic acids is 1. The molecule has 4 aromatic rings. The fraction of sp³-hybridized carbons (Fsp3) is 0.227. The van der Waals surface area contributed by atoms with Crippen LogP contribution < -0.4 is 14.8 Å². The molecule has 0 radical (unpaired) electrons. The van der Waals surface area contributed by atoms with Gasteiger partial charge in [-0.1, -0.05) is 25.1 Å². The van der Waals surface area contributed by atoms with Crippen LogP contribution >= 0.6 is 0 Å². The number of ether oxygens (including phenoxy) is 2. The summed E-state index contributed by atoms with van der Waals surface area (Å²) in [6.45, 7) is 2.07. The molecule has 0 aliphatic heterocycles. The highest BCUT2D eigenvalue weighted by molar-refractivity contribution is 5.97. The number of hydrogen-bond acceptors (Lipinski definition) is 6. The van der Waals surface area contributed by atoms with E-state index in [9.17, 15) is 4.79 Å². The summed E-state index contributed by atoms with van der Waals surface area (Å²) in [5.74, 6) is 2.01. The van der Waals surface area contributed by atoms with Gasteiger partial charge in [-0.2, -0.15) is 0 Å². The number of carbonyl (C=O) groups is 1. The number of nitrogens with zero attached hydrogens (tertiary/aromatic N) is 3. The number of amides is 1. The predicted octanol–water partition coefficient (Wildman–Crippen LogP) is 3.91. The minimum Gasteiger partial charge on any atom is -0.497 e. The Balaban J connectivity index is 1.62. The second-order valence-corrected chi connectivity index (χ2v) is 6.66. The standard InChI is InChI=1S/C22H22N4O4/c1-4-21-24-25-22(30-21)16-12-26(18-8-6-5-7-15(16)18)13-20(27)23-17-10-9-14(28-2)11-19(17)29-3/h5-12H,4,13H2,1-3H3,(H,23,27). The lowest BCUT2D eigenvalue weighted by atomic mass is 10.2. The number of nitrogens with one attached hydrogen (secondary N) is 1. The van der Waals surface area contributed by atoms with Crippen molar-refractivity contribution in [1.82, 2.24) is 14.8 Å². The molecule has 2 aromatic carbocycles. The largest absolute Gasteiger partial charge is 0.497 e. The third-order valence-electron chi connectivity index (χ3n) is 4.79. The van der Waals surface area contributed by atoms with E-state index in [1.807, 2.05) is 42.0 Å². The summed E-state index contributed by atoms with van der Waals surface area (Å²) >= 11 is 0. The Bertz CT molecular complexity index is 1200. The van der Waals surface area contributed by atoms with Crippen molar-refractivity contribution in [2.45, 2.75) is 19.9 Å². The molecule has 4 rings (SSSR count). The number of hydrogen-bond donors (Lipinski definition) is 1. The van der Waals surface area contributed by atoms with Gasteiger partial charge < -0.3 is 23.8 Å². The number of rotatable bonds is 7. The van der Waals surface area contributed by atoms with Crippen molar-refractivity contribution in [3.63, 3.8) is 0 Å². The van der Waals surface area contributed by atoms with Gasteiger partial charge in [0.25, 0.3) is 0 Å². The molecule has 0 fully saturated rings. The number of anilines is 1. The first-order chi connectivity index (χ1) is 14.6. The smallest absolute Gasteiger partial charge is 0.249 e. The molecule has 0 bridgehead atoms. The van der Waals surface area contributed by atoms with E-state index in [4.69, 9.17) is 13.9 Å². The van der Waals surface area contributed by atoms with Gasteiger partial charge in [0, 0.05) is 29.6 Å². The van der Waals surface area contributed by atoms with Gasteiger partial charge in [-0.25, -0.2) is 0 Å². The lowest BCUT2D eigenvalue weighted by Gasteiger charge is -2.12. The Labute approximate surface area is 173 Å². The number of aromatic nitrogens is 3. The van der Waals surface area contributed by atoms with Crippen molar-refractivity contribution in [3.8, 4) is 23.0 Å². The van der Waals surface area contributed by atoms with E-state index in [0.29, 0.717) is 35.4 Å². The molecule has 0 saturated carbocycles. The lowest BCUT2D eigenvalue weighted by Crippen LogP contribution is -2.18. The number of benzene rings is 2. The average molecular weight is 406 g/mol. The number of para-hydroxylation sites is 1. The van der Waals surface area contributed by atoms with Crippen molar-refractivity contribution < 1.29 is 18.7 Å². The van der Waals surface area contributed by atoms with E-state index in [1.165, 1.54) is 0 Å². The van der Waals surface area contributed by atoms with Crippen LogP contribution in [0.25, 0.3) is 22.4 Å². The van der Waals surface area contributed by atoms with Crippen LogP contribution in [0, 0.1) is 0 Å². The van der Waals surface area contributed by atoms with Crippen LogP contribution in [-0.4, -0.2) is 34.9 Å². The van der Waals surface area contributed by atoms with Crippen molar-refractivity contribution in [2.75, 3.05) is 19.5 Å². The Hall–Kier alpha value is -3.81. The van der Waals surface area contributed by atoms with Crippen molar-refractivity contribution >= 4 is 22.5 Å². The first kappa shape index (κ1) is 19.5. The number of fused-ring (bicyclic) bond motifs is 1. The van der Waals surface area contributed by atoms with Gasteiger partial charge in [0.15, 0.2) is 0 Å². The zero-order valence-corrected chi connectivity index (χ0v) is 17.0. The maximum Gasteiger partial charge on any atom is 0.249 e. The molecule has 2 heterocycles. The Morgan fingerprint density at radius 2 is 1.97 bits per heavy atom. The predicted molar refractivity (Wildman–Crippen MR) is 113 cm³/mol. The molecule has 2 aromatic heterocycles. The molecule has 0 atom stereocenters. The van der Waals surface area contributed by atoms with Gasteiger partial charge in [-0.15, -0.1) is 10.2 Å². The molecule has 30 heavy (non-hydrogen) atoms. The summed E-state index contributed by atoms with van der Waals surface area (Å²) in [5.41, 5.74) is 2.28. The van der Waals surface area contributed by atoms with Crippen LogP contribution in [0.15, 0.2) is 53.1 Å². The fourth-order valence-corrected chi connectivity index (χ4v) is 3.30. The minimum atomic E-state index is -0.189. The summed E-state index contributed by atoms with van der Waals surface area (Å²) < 4.78 is 18.1. The first-order valence-corrected chi connectivity index (χ1v) is 9.55. The summed E-state index contributed by atoms with van der Waals surface area (Å²) in [6.07, 6.45) is 2.53. The zero-order chi connectivity index (χ0) is 21.1. The van der Waals surface area contributed by atoms with E-state index < -0.39 is 0 Å². The molecule has 0 aliphatic carbocycles. The van der Waals surface area contributed by atoms with E-state index in [0.717, 1.165) is 16.5 Å². The van der Waals surface area contributed by atoms with Crippen LogP contribution in [0.1, 0.15) is 12.8 Å². The molecular formula is C22H22N4O4. The van der Waals surface area contributed by atoms with Gasteiger partial charge in [0.2, 0.25) is 17.7 Å². The van der Waals surface area contributed by atoms with Crippen LogP contribution in [0.2, 0.25) is 0 Å². The van der Waals surface area contributed by atoms with Crippen molar-refractivity contribution in [3.05, 3.63) is 54.6 Å². The fourth-order valence-electron chi connectivity index (χ4n) is 3.30. The highest BCUT2D eigenvalue weighted by Gasteiger charge is 2.17. The maximum absolute atomic E-state index is 12.8. The molecule has 8 heteroatoms. The summed E-state index contributed by atoms with van der Waals surface area (Å²) in [4.78, 5) is 12.8. The lowest BCUT2D eigenvalue weighted by molar-refractivity contribution is -0.116. The molecule has 154 valence electrons. The maximum atomic E-state index is 12.8. The van der Waals surface area contributed by atoms with Crippen molar-refractivity contribution in [1.29, 1.82) is 0 Å². The molecule has 8 nitrogen and oxygen atoms in total. The monoisotopic (exact) mass is 406 g/mol. The SMILES string of the molecule is CCc1nnc(-c2cn(CC(=O)Nc3ccc(OC)cc3OC)c3ccccc23)o1. The van der Waals surface area contributed by atoms with Gasteiger partial charge in [0.05, 0.1) is 25.5 Å². The van der Waals surface area contributed by atoms with E-state index in [2.05, 4.69) is 15.5 Å². The van der Waals surface area contributed by atoms with Gasteiger partial charge in [-0.3, -0.25) is 4.79 Å². The van der Waals surface area contributed by atoms with E-state index >= 15 is 0 Å². The first-order valence-electron chi connectivity index (χ1n) is 9.55. The molecule has 0 unspecified atom stereocenters. The second-order valence-electron chi connectivity index (χ2n) is 6.66. The van der Waals surface area contributed by atoms with E-state index in [1.54, 1.807) is 32.4 Å². The zero-order valence-electron chi connectivity index (χ0n) is 17.0. The molecular weight excluding hydrogens is 384 g/mol. The molecule has 1 N–H and O–H groups in total. The van der Waals surface area contributed by atoms with Crippen LogP contribution in [0.5, 0.6) is 11.5 Å². The normalized spacial score (nSPS) is 10.9. The van der Waals surface area contributed by atoms with Crippen LogP contribution in [0.3, 0.4) is 0 Å². The topological polar surface area (TPSA) is 91.4 Å². The Morgan fingerprint density at radius 1 is 1.13 bits per heavy atom. The Morgan fingerprint density at radius 3 is 2.70 bits per heavy atom. The summed E-state index contributed by atoms with van der Waals surface area (Å²) in [5, 5.41) is 12.0. The van der Waals surface area contributed by atoms with Crippen molar-refractivity contribution in [2.24, 2.45) is 0 Å². The number of aryl methyl sites for hydroxylation is 1. The van der Waals surface area contributed by atoms with E-state index in [-0.39, 0.29) is 12.5 Å². The molecule has 0 saturated heterocycles. The quantitative estimate of drug-likeness (QED) is 0.500. The average Bonchev–Trinajstić information content (AvgIpc) is 3.39. The third-order valence-corrected chi connectivity index (χ3v) is 4.79. The van der Waals surface area contributed by atoms with Gasteiger partial charge >= 0.3 is 0 Å². The van der Waals surface area contributed by atoms with Gasteiger partial charge in [-0.05, 0) is 18.2 Å². The highest BCUT2D eigenvalue weighted by atomic mass is 16.5. The molecule has 0 aliphatic rings. The third kappa shape index (κ3) is 3.71. The summed E-state index contributed by atoms with van der Waals surface area (Å²) in [7, 11) is 3.12. The molecule has 0 spiro atoms. The minimum absolute atomic E-state index is 0.116. The second kappa shape index (κ2) is 8.28. The highest BCUT2D eigenvalue weighted by Crippen LogP contribution is 2.31.